The zero-order valence-corrected chi connectivity index (χ0v) is 16.8. The van der Waals surface area contributed by atoms with Crippen molar-refractivity contribution in [3.8, 4) is 0 Å². The summed E-state index contributed by atoms with van der Waals surface area (Å²) in [5.74, 6) is 0.843. The van der Waals surface area contributed by atoms with Gasteiger partial charge in [0.15, 0.2) is 5.96 Å². The van der Waals surface area contributed by atoms with Crippen LogP contribution in [0.5, 0.6) is 0 Å². The summed E-state index contributed by atoms with van der Waals surface area (Å²) < 4.78 is 2.05. The number of halogens is 1. The second-order valence-corrected chi connectivity index (χ2v) is 6.28. The predicted octanol–water partition coefficient (Wildman–Crippen LogP) is 1.84. The number of aliphatic hydroxyl groups excluding tert-OH is 1. The zero-order valence-electron chi connectivity index (χ0n) is 14.4. The van der Waals surface area contributed by atoms with E-state index in [0.29, 0.717) is 6.54 Å². The van der Waals surface area contributed by atoms with Crippen LogP contribution in [-0.2, 0) is 6.54 Å². The Bertz CT molecular complexity index is 511. The fraction of sp³-hybridized carbons (Fsp3) is 0.750. The van der Waals surface area contributed by atoms with Crippen LogP contribution in [0.3, 0.4) is 0 Å². The van der Waals surface area contributed by atoms with E-state index in [0.717, 1.165) is 50.6 Å². The Morgan fingerprint density at radius 2 is 2.13 bits per heavy atom. The van der Waals surface area contributed by atoms with Crippen LogP contribution in [-0.4, -0.2) is 47.1 Å². The first-order valence-corrected chi connectivity index (χ1v) is 8.23. The minimum Gasteiger partial charge on any atom is -0.396 e. The normalized spacial score (nSPS) is 15.9. The molecule has 1 saturated carbocycles. The summed E-state index contributed by atoms with van der Waals surface area (Å²) in [5, 5.41) is 20.4. The number of aliphatic hydroxyl groups is 1. The van der Waals surface area contributed by atoms with E-state index in [-0.39, 0.29) is 36.0 Å². The number of aliphatic imine (C=N–C) groups is 1. The molecule has 3 N–H and O–H groups in total. The summed E-state index contributed by atoms with van der Waals surface area (Å²) >= 11 is 0. The highest BCUT2D eigenvalue weighted by atomic mass is 127. The molecule has 132 valence electrons. The van der Waals surface area contributed by atoms with Crippen molar-refractivity contribution >= 4 is 29.9 Å². The number of hydrogen-bond donors (Lipinski definition) is 3. The number of aryl methyl sites for hydroxylation is 3. The maximum Gasteiger partial charge on any atom is 0.191 e. The Hall–Kier alpha value is -0.830. The van der Waals surface area contributed by atoms with Gasteiger partial charge in [-0.15, -0.1) is 24.0 Å². The standard InChI is InChI=1S/C16H29N5O.HI/c1-4-17-15(19-11-16(12-22)6-7-16)18-8-5-9-21-14(3)10-13(2)20-21;/h10,22H,4-9,11-12H2,1-3H3,(H2,17,18,19);1H. The van der Waals surface area contributed by atoms with Crippen molar-refractivity contribution in [1.82, 2.24) is 20.4 Å². The van der Waals surface area contributed by atoms with E-state index >= 15 is 0 Å². The molecule has 0 unspecified atom stereocenters. The van der Waals surface area contributed by atoms with E-state index in [1.54, 1.807) is 0 Å². The molecule has 1 aliphatic carbocycles. The minimum atomic E-state index is 0. The number of aromatic nitrogens is 2. The third kappa shape index (κ3) is 6.29. The van der Waals surface area contributed by atoms with E-state index in [4.69, 9.17) is 0 Å². The summed E-state index contributed by atoms with van der Waals surface area (Å²) in [6.07, 6.45) is 3.17. The molecular formula is C16H30IN5O. The molecule has 0 aromatic carbocycles. The van der Waals surface area contributed by atoms with Crippen LogP contribution in [0.4, 0.5) is 0 Å². The van der Waals surface area contributed by atoms with E-state index in [1.807, 2.05) is 11.6 Å². The first-order valence-electron chi connectivity index (χ1n) is 8.23. The molecule has 6 nitrogen and oxygen atoms in total. The molecule has 0 spiro atoms. The van der Waals surface area contributed by atoms with Crippen LogP contribution in [0.25, 0.3) is 0 Å². The van der Waals surface area contributed by atoms with Gasteiger partial charge in [0.2, 0.25) is 0 Å². The molecular weight excluding hydrogens is 405 g/mol. The second kappa shape index (κ2) is 9.46. The lowest BCUT2D eigenvalue weighted by Gasteiger charge is -2.14. The Morgan fingerprint density at radius 3 is 2.65 bits per heavy atom. The first-order chi connectivity index (χ1) is 10.6. The van der Waals surface area contributed by atoms with Gasteiger partial charge in [0.25, 0.3) is 0 Å². The average molecular weight is 435 g/mol. The van der Waals surface area contributed by atoms with Gasteiger partial charge in [0, 0.05) is 30.7 Å². The molecule has 0 bridgehead atoms. The number of nitrogens with one attached hydrogen (secondary N) is 2. The second-order valence-electron chi connectivity index (χ2n) is 6.28. The zero-order chi connectivity index (χ0) is 16.0. The summed E-state index contributed by atoms with van der Waals surface area (Å²) in [5.41, 5.74) is 2.34. The van der Waals surface area contributed by atoms with Crippen molar-refractivity contribution in [3.63, 3.8) is 0 Å². The largest absolute Gasteiger partial charge is 0.396 e. The summed E-state index contributed by atoms with van der Waals surface area (Å²) in [4.78, 5) is 4.60. The maximum absolute atomic E-state index is 9.35. The van der Waals surface area contributed by atoms with Gasteiger partial charge in [-0.1, -0.05) is 0 Å². The van der Waals surface area contributed by atoms with Crippen molar-refractivity contribution in [2.24, 2.45) is 10.4 Å². The van der Waals surface area contributed by atoms with Crippen LogP contribution in [0.15, 0.2) is 11.1 Å². The highest BCUT2D eigenvalue weighted by Gasteiger charge is 2.41. The van der Waals surface area contributed by atoms with E-state index in [9.17, 15) is 5.11 Å². The van der Waals surface area contributed by atoms with E-state index in [1.165, 1.54) is 5.69 Å². The van der Waals surface area contributed by atoms with Crippen LogP contribution >= 0.6 is 24.0 Å². The van der Waals surface area contributed by atoms with Gasteiger partial charge in [-0.3, -0.25) is 9.67 Å². The lowest BCUT2D eigenvalue weighted by molar-refractivity contribution is 0.217. The maximum atomic E-state index is 9.35. The summed E-state index contributed by atoms with van der Waals surface area (Å²) in [6.45, 7) is 9.73. The summed E-state index contributed by atoms with van der Waals surface area (Å²) in [7, 11) is 0. The van der Waals surface area contributed by atoms with Gasteiger partial charge in [0.1, 0.15) is 0 Å². The van der Waals surface area contributed by atoms with Gasteiger partial charge in [-0.2, -0.15) is 5.10 Å². The fourth-order valence-electron chi connectivity index (χ4n) is 2.47. The van der Waals surface area contributed by atoms with Crippen LogP contribution < -0.4 is 10.6 Å². The number of nitrogens with zero attached hydrogens (tertiary/aromatic N) is 3. The molecule has 7 heteroatoms. The SMILES string of the molecule is CCNC(=NCC1(CO)CC1)NCCCn1nc(C)cc1C.I. The van der Waals surface area contributed by atoms with Crippen molar-refractivity contribution in [2.45, 2.75) is 46.6 Å². The van der Waals surface area contributed by atoms with Crippen molar-refractivity contribution in [2.75, 3.05) is 26.2 Å². The third-order valence-corrected chi connectivity index (χ3v) is 4.15. The Morgan fingerprint density at radius 1 is 1.39 bits per heavy atom. The lowest BCUT2D eigenvalue weighted by atomic mass is 10.1. The molecule has 1 fully saturated rings. The summed E-state index contributed by atoms with van der Waals surface area (Å²) in [6, 6.07) is 2.10. The monoisotopic (exact) mass is 435 g/mol. The Balaban J connectivity index is 0.00000264. The molecule has 0 aliphatic heterocycles. The molecule has 23 heavy (non-hydrogen) atoms. The Labute approximate surface area is 156 Å². The fourth-order valence-corrected chi connectivity index (χ4v) is 2.47. The highest BCUT2D eigenvalue weighted by Crippen LogP contribution is 2.45. The van der Waals surface area contributed by atoms with E-state index < -0.39 is 0 Å². The molecule has 1 aromatic heterocycles. The third-order valence-electron chi connectivity index (χ3n) is 4.15. The molecule has 0 amide bonds. The minimum absolute atomic E-state index is 0. The van der Waals surface area contributed by atoms with Crippen molar-refractivity contribution < 1.29 is 5.11 Å². The smallest absolute Gasteiger partial charge is 0.191 e. The molecule has 2 rings (SSSR count). The molecule has 1 heterocycles. The number of guanidine groups is 1. The molecule has 0 atom stereocenters. The van der Waals surface area contributed by atoms with Crippen LogP contribution in [0, 0.1) is 19.3 Å². The number of hydrogen-bond acceptors (Lipinski definition) is 3. The molecule has 0 radical (unpaired) electrons. The number of rotatable bonds is 8. The predicted molar refractivity (Wildman–Crippen MR) is 104 cm³/mol. The van der Waals surface area contributed by atoms with Gasteiger partial charge >= 0.3 is 0 Å². The average Bonchev–Trinajstić information content (AvgIpc) is 3.21. The van der Waals surface area contributed by atoms with Crippen molar-refractivity contribution in [3.05, 3.63) is 17.5 Å². The van der Waals surface area contributed by atoms with E-state index in [2.05, 4.69) is 40.6 Å². The topological polar surface area (TPSA) is 74.5 Å². The molecule has 1 aliphatic rings. The molecule has 0 saturated heterocycles. The lowest BCUT2D eigenvalue weighted by Crippen LogP contribution is -2.38. The van der Waals surface area contributed by atoms with Gasteiger partial charge in [-0.05, 0) is 46.1 Å². The van der Waals surface area contributed by atoms with Gasteiger partial charge < -0.3 is 15.7 Å². The molecule has 1 aromatic rings. The van der Waals surface area contributed by atoms with Gasteiger partial charge in [0.05, 0.1) is 18.8 Å². The first kappa shape index (κ1) is 20.2. The highest BCUT2D eigenvalue weighted by molar-refractivity contribution is 14.0. The Kier molecular flexibility index (Phi) is 8.32. The van der Waals surface area contributed by atoms with Crippen LogP contribution in [0.1, 0.15) is 37.6 Å². The quantitative estimate of drug-likeness (QED) is 0.252. The van der Waals surface area contributed by atoms with Crippen molar-refractivity contribution in [1.29, 1.82) is 0 Å². The van der Waals surface area contributed by atoms with Crippen LogP contribution in [0.2, 0.25) is 0 Å². The van der Waals surface area contributed by atoms with Gasteiger partial charge in [-0.25, -0.2) is 0 Å².